The van der Waals surface area contributed by atoms with E-state index in [1.54, 1.807) is 34.6 Å². The molecule has 0 bridgehead atoms. The van der Waals surface area contributed by atoms with E-state index in [0.29, 0.717) is 5.56 Å². The van der Waals surface area contributed by atoms with Crippen LogP contribution in [0.3, 0.4) is 0 Å². The molecule has 1 N–H and O–H groups in total. The lowest BCUT2D eigenvalue weighted by atomic mass is 10.1. The molecule has 0 radical (unpaired) electrons. The second-order valence-corrected chi connectivity index (χ2v) is 5.95. The zero-order chi connectivity index (χ0) is 14.1. The Hall–Kier alpha value is -1.10. The van der Waals surface area contributed by atoms with Gasteiger partial charge in [-0.2, -0.15) is 0 Å². The molecule has 0 aliphatic carbocycles. The normalized spacial score (nSPS) is 11.3. The van der Waals surface area contributed by atoms with Gasteiger partial charge in [-0.25, -0.2) is 9.18 Å². The Bertz CT molecular complexity index is 481. The monoisotopic (exact) mass is 317 g/mol. The maximum Gasteiger partial charge on any atom is 0.412 e. The molecule has 3 nitrogen and oxygen atoms in total. The highest BCUT2D eigenvalue weighted by Gasteiger charge is 2.19. The molecule has 1 aromatic rings. The van der Waals surface area contributed by atoms with Crippen molar-refractivity contribution in [1.82, 2.24) is 0 Å². The summed E-state index contributed by atoms with van der Waals surface area (Å²) in [6, 6.07) is 1.53. The molecule has 18 heavy (non-hydrogen) atoms. The minimum absolute atomic E-state index is 0.110. The molecule has 0 saturated carbocycles. The van der Waals surface area contributed by atoms with Crippen molar-refractivity contribution in [2.75, 3.05) is 5.32 Å². The van der Waals surface area contributed by atoms with E-state index in [-0.39, 0.29) is 5.69 Å². The molecule has 0 aliphatic heterocycles. The van der Waals surface area contributed by atoms with E-state index >= 15 is 0 Å². The lowest BCUT2D eigenvalue weighted by Crippen LogP contribution is -2.27. The molecule has 0 heterocycles. The lowest BCUT2D eigenvalue weighted by molar-refractivity contribution is 0.0635. The summed E-state index contributed by atoms with van der Waals surface area (Å²) in [7, 11) is 0. The summed E-state index contributed by atoms with van der Waals surface area (Å²) in [6.07, 6.45) is -0.670. The Labute approximate surface area is 115 Å². The maximum absolute atomic E-state index is 13.9. The van der Waals surface area contributed by atoms with Gasteiger partial charge in [0.25, 0.3) is 0 Å². The van der Waals surface area contributed by atoms with Gasteiger partial charge in [-0.05, 0) is 51.8 Å². The van der Waals surface area contributed by atoms with Crippen LogP contribution in [0.4, 0.5) is 14.9 Å². The highest BCUT2D eigenvalue weighted by molar-refractivity contribution is 9.10. The number of benzene rings is 1. The summed E-state index contributed by atoms with van der Waals surface area (Å²) in [4.78, 5) is 11.6. The zero-order valence-corrected chi connectivity index (χ0v) is 12.7. The summed E-state index contributed by atoms with van der Waals surface area (Å²) in [6.45, 7) is 8.72. The van der Waals surface area contributed by atoms with Gasteiger partial charge in [-0.3, -0.25) is 5.32 Å². The third-order valence-corrected chi connectivity index (χ3v) is 3.22. The molecule has 0 atom stereocenters. The SMILES string of the molecule is Cc1c(Br)cc(NC(=O)OC(C)(C)C)c(F)c1C. The molecule has 0 aliphatic rings. The van der Waals surface area contributed by atoms with Crippen LogP contribution in [0.25, 0.3) is 0 Å². The largest absolute Gasteiger partial charge is 0.444 e. The number of carbonyl (C=O) groups is 1. The molecule has 0 aromatic heterocycles. The predicted molar refractivity (Wildman–Crippen MR) is 73.4 cm³/mol. The minimum atomic E-state index is -0.670. The van der Waals surface area contributed by atoms with Crippen LogP contribution in [0.15, 0.2) is 10.5 Å². The van der Waals surface area contributed by atoms with Crippen molar-refractivity contribution in [1.29, 1.82) is 0 Å². The molecular formula is C13H17BrFNO2. The van der Waals surface area contributed by atoms with Crippen molar-refractivity contribution in [2.24, 2.45) is 0 Å². The number of carbonyl (C=O) groups excluding carboxylic acids is 1. The van der Waals surface area contributed by atoms with Crippen LogP contribution < -0.4 is 5.32 Å². The number of nitrogens with one attached hydrogen (secondary N) is 1. The smallest absolute Gasteiger partial charge is 0.412 e. The zero-order valence-electron chi connectivity index (χ0n) is 11.1. The van der Waals surface area contributed by atoms with Gasteiger partial charge in [0.15, 0.2) is 0 Å². The fourth-order valence-electron chi connectivity index (χ4n) is 1.35. The van der Waals surface area contributed by atoms with Crippen LogP contribution in [0.1, 0.15) is 31.9 Å². The van der Waals surface area contributed by atoms with Gasteiger partial charge in [-0.1, -0.05) is 15.9 Å². The van der Waals surface area contributed by atoms with Gasteiger partial charge in [0, 0.05) is 4.47 Å². The van der Waals surface area contributed by atoms with Crippen molar-refractivity contribution in [3.8, 4) is 0 Å². The topological polar surface area (TPSA) is 38.3 Å². The molecule has 0 saturated heterocycles. The van der Waals surface area contributed by atoms with Crippen LogP contribution >= 0.6 is 15.9 Å². The minimum Gasteiger partial charge on any atom is -0.444 e. The average Bonchev–Trinajstić information content (AvgIpc) is 2.20. The average molecular weight is 318 g/mol. The first-order valence-electron chi connectivity index (χ1n) is 5.57. The van der Waals surface area contributed by atoms with E-state index in [0.717, 1.165) is 10.0 Å². The van der Waals surface area contributed by atoms with E-state index < -0.39 is 17.5 Å². The molecule has 100 valence electrons. The van der Waals surface area contributed by atoms with Gasteiger partial charge in [0.1, 0.15) is 11.4 Å². The number of anilines is 1. The number of rotatable bonds is 1. The highest BCUT2D eigenvalue weighted by atomic mass is 79.9. The van der Waals surface area contributed by atoms with Crippen LogP contribution in [0, 0.1) is 19.7 Å². The fourth-order valence-corrected chi connectivity index (χ4v) is 1.87. The van der Waals surface area contributed by atoms with Crippen molar-refractivity contribution in [3.05, 3.63) is 27.5 Å². The summed E-state index contributed by atoms with van der Waals surface area (Å²) >= 11 is 3.32. The van der Waals surface area contributed by atoms with E-state index in [1.165, 1.54) is 6.07 Å². The highest BCUT2D eigenvalue weighted by Crippen LogP contribution is 2.28. The maximum atomic E-state index is 13.9. The lowest BCUT2D eigenvalue weighted by Gasteiger charge is -2.20. The molecule has 5 heteroatoms. The van der Waals surface area contributed by atoms with E-state index in [9.17, 15) is 9.18 Å². The third kappa shape index (κ3) is 3.70. The van der Waals surface area contributed by atoms with Gasteiger partial charge in [0.2, 0.25) is 0 Å². The summed E-state index contributed by atoms with van der Waals surface area (Å²) in [5, 5.41) is 2.41. The second kappa shape index (κ2) is 5.26. The first-order valence-corrected chi connectivity index (χ1v) is 6.36. The molecular weight excluding hydrogens is 301 g/mol. The van der Waals surface area contributed by atoms with E-state index in [1.807, 2.05) is 0 Å². The van der Waals surface area contributed by atoms with Crippen molar-refractivity contribution in [3.63, 3.8) is 0 Å². The van der Waals surface area contributed by atoms with Crippen molar-refractivity contribution >= 4 is 27.7 Å². The summed E-state index contributed by atoms with van der Waals surface area (Å²) < 4.78 is 19.8. The second-order valence-electron chi connectivity index (χ2n) is 5.10. The molecule has 1 aromatic carbocycles. The van der Waals surface area contributed by atoms with Gasteiger partial charge >= 0.3 is 6.09 Å². The number of hydrogen-bond acceptors (Lipinski definition) is 2. The van der Waals surface area contributed by atoms with E-state index in [2.05, 4.69) is 21.2 Å². The van der Waals surface area contributed by atoms with Crippen LogP contribution in [0.2, 0.25) is 0 Å². The van der Waals surface area contributed by atoms with Gasteiger partial charge in [-0.15, -0.1) is 0 Å². The molecule has 1 amide bonds. The number of hydrogen-bond donors (Lipinski definition) is 1. The van der Waals surface area contributed by atoms with E-state index in [4.69, 9.17) is 4.74 Å². The Kier molecular flexibility index (Phi) is 4.37. The Morgan fingerprint density at radius 1 is 1.33 bits per heavy atom. The first kappa shape index (κ1) is 15.0. The molecule has 0 spiro atoms. The summed E-state index contributed by atoms with van der Waals surface area (Å²) in [5.41, 5.74) is 0.800. The predicted octanol–water partition coefficient (Wildman–Crippen LogP) is 4.55. The van der Waals surface area contributed by atoms with Crippen molar-refractivity contribution in [2.45, 2.75) is 40.2 Å². The summed E-state index contributed by atoms with van der Waals surface area (Å²) in [5.74, 6) is -0.443. The molecule has 1 rings (SSSR count). The quantitative estimate of drug-likeness (QED) is 0.825. The van der Waals surface area contributed by atoms with Crippen molar-refractivity contribution < 1.29 is 13.9 Å². The first-order chi connectivity index (χ1) is 8.11. The molecule has 0 fully saturated rings. The van der Waals surface area contributed by atoms with Gasteiger partial charge < -0.3 is 4.74 Å². The third-order valence-electron chi connectivity index (χ3n) is 2.39. The van der Waals surface area contributed by atoms with Crippen LogP contribution in [-0.4, -0.2) is 11.7 Å². The number of amides is 1. The Morgan fingerprint density at radius 3 is 2.39 bits per heavy atom. The standard InChI is InChI=1S/C13H17BrFNO2/c1-7-8(2)11(15)10(6-9(7)14)16-12(17)18-13(3,4)5/h6H,1-5H3,(H,16,17). The number of ether oxygens (including phenoxy) is 1. The van der Waals surface area contributed by atoms with Crippen LogP contribution in [0.5, 0.6) is 0 Å². The number of halogens is 2. The van der Waals surface area contributed by atoms with Gasteiger partial charge in [0.05, 0.1) is 5.69 Å². The van der Waals surface area contributed by atoms with Crippen LogP contribution in [-0.2, 0) is 4.74 Å². The Balaban J connectivity index is 2.96. The molecule has 0 unspecified atom stereocenters. The fraction of sp³-hybridized carbons (Fsp3) is 0.462. The Morgan fingerprint density at radius 2 is 1.89 bits per heavy atom.